The van der Waals surface area contributed by atoms with Gasteiger partial charge in [0.05, 0.1) is 5.60 Å². The van der Waals surface area contributed by atoms with E-state index in [-0.39, 0.29) is 18.0 Å². The van der Waals surface area contributed by atoms with Crippen LogP contribution in [0, 0.1) is 0 Å². The Morgan fingerprint density at radius 1 is 1.55 bits per heavy atom. The van der Waals surface area contributed by atoms with Crippen LogP contribution in [0.4, 0.5) is 8.78 Å². The quantitative estimate of drug-likeness (QED) is 0.863. The number of rotatable bonds is 6. The molecule has 0 spiro atoms. The van der Waals surface area contributed by atoms with Gasteiger partial charge >= 0.3 is 0 Å². The number of nitrogens with zero attached hydrogens (tertiary/aromatic N) is 2. The van der Waals surface area contributed by atoms with E-state index in [1.54, 1.807) is 13.8 Å². The molecule has 0 saturated carbocycles. The first kappa shape index (κ1) is 16.3. The largest absolute Gasteiger partial charge is 0.471 e. The summed E-state index contributed by atoms with van der Waals surface area (Å²) < 4.78 is 29.1. The van der Waals surface area contributed by atoms with Crippen LogP contribution in [-0.2, 0) is 0 Å². The highest BCUT2D eigenvalue weighted by atomic mass is 19.3. The predicted molar refractivity (Wildman–Crippen MR) is 69.0 cm³/mol. The van der Waals surface area contributed by atoms with E-state index in [2.05, 4.69) is 4.98 Å². The first-order valence-electron chi connectivity index (χ1n) is 6.04. The van der Waals surface area contributed by atoms with Crippen molar-refractivity contribution in [2.75, 3.05) is 20.2 Å². The fourth-order valence-corrected chi connectivity index (χ4v) is 1.67. The molecule has 0 fully saturated rings. The maximum Gasteiger partial charge on any atom is 0.272 e. The van der Waals surface area contributed by atoms with Crippen LogP contribution in [0.2, 0.25) is 0 Å². The summed E-state index contributed by atoms with van der Waals surface area (Å²) in [5, 5.41) is 9.69. The summed E-state index contributed by atoms with van der Waals surface area (Å²) in [7, 11) is 1.50. The molecule has 0 aliphatic rings. The Morgan fingerprint density at radius 3 is 2.75 bits per heavy atom. The van der Waals surface area contributed by atoms with Gasteiger partial charge in [0, 0.05) is 19.8 Å². The first-order chi connectivity index (χ1) is 9.20. The van der Waals surface area contributed by atoms with Gasteiger partial charge in [-0.25, -0.2) is 13.8 Å². The van der Waals surface area contributed by atoms with Gasteiger partial charge in [0.2, 0.25) is 5.88 Å². The average Bonchev–Trinajstić information content (AvgIpc) is 2.33. The van der Waals surface area contributed by atoms with Crippen LogP contribution >= 0.6 is 0 Å². The summed E-state index contributed by atoms with van der Waals surface area (Å²) in [5.41, 5.74) is -0.976. The summed E-state index contributed by atoms with van der Waals surface area (Å²) in [5.74, 6) is -0.593. The molecule has 1 aromatic rings. The molecule has 0 aliphatic carbocycles. The zero-order chi connectivity index (χ0) is 15.3. The maximum absolute atomic E-state index is 12.2. The van der Waals surface area contributed by atoms with E-state index in [4.69, 9.17) is 4.74 Å². The Hall–Kier alpha value is -1.76. The number of aliphatic hydroxyl groups is 1. The number of carbonyl (C=O) groups is 1. The number of aromatic nitrogens is 1. The third kappa shape index (κ3) is 5.08. The van der Waals surface area contributed by atoms with Crippen LogP contribution in [0.1, 0.15) is 24.2 Å². The molecule has 1 heterocycles. The smallest absolute Gasteiger partial charge is 0.272 e. The summed E-state index contributed by atoms with van der Waals surface area (Å²) in [6.07, 6.45) is -1.29. The normalized spacial score (nSPS) is 11.6. The summed E-state index contributed by atoms with van der Waals surface area (Å²) in [4.78, 5) is 17.3. The Morgan fingerprint density at radius 2 is 2.20 bits per heavy atom. The van der Waals surface area contributed by atoms with Crippen molar-refractivity contribution >= 4 is 5.91 Å². The summed E-state index contributed by atoms with van der Waals surface area (Å²) in [6.45, 7) is 2.39. The number of carbonyl (C=O) groups excluding carboxylic acids is 1. The lowest BCUT2D eigenvalue weighted by atomic mass is 10.1. The zero-order valence-corrected chi connectivity index (χ0v) is 11.6. The molecule has 7 heteroatoms. The molecular formula is C13H18F2N2O3. The molecule has 0 aromatic carbocycles. The van der Waals surface area contributed by atoms with Gasteiger partial charge in [-0.3, -0.25) is 4.79 Å². The predicted octanol–water partition coefficient (Wildman–Crippen LogP) is 1.57. The Labute approximate surface area is 116 Å². The van der Waals surface area contributed by atoms with Crippen LogP contribution in [-0.4, -0.2) is 53.1 Å². The van der Waals surface area contributed by atoms with Gasteiger partial charge in [-0.05, 0) is 26.0 Å². The lowest BCUT2D eigenvalue weighted by Crippen LogP contribution is -2.39. The number of alkyl halides is 2. The molecule has 0 radical (unpaired) electrons. The highest BCUT2D eigenvalue weighted by molar-refractivity contribution is 5.96. The molecule has 112 valence electrons. The lowest BCUT2D eigenvalue weighted by molar-refractivity contribution is 0.0361. The van der Waals surface area contributed by atoms with E-state index >= 15 is 0 Å². The van der Waals surface area contributed by atoms with Crippen molar-refractivity contribution in [1.29, 1.82) is 0 Å². The van der Waals surface area contributed by atoms with Gasteiger partial charge in [0.15, 0.2) is 6.61 Å². The second kappa shape index (κ2) is 6.60. The standard InChI is InChI=1S/C13H18F2N2O3/c1-13(2,19)8-17(3)12(18)9-5-4-6-16-11(9)20-7-10(14)15/h4-6,10,19H,7-8H2,1-3H3. The maximum atomic E-state index is 12.2. The number of halogens is 2. The second-order valence-electron chi connectivity index (χ2n) is 5.03. The number of pyridine rings is 1. The van der Waals surface area contributed by atoms with Crippen molar-refractivity contribution in [2.45, 2.75) is 25.9 Å². The molecule has 0 bridgehead atoms. The molecule has 1 aromatic heterocycles. The highest BCUT2D eigenvalue weighted by Gasteiger charge is 2.23. The van der Waals surface area contributed by atoms with E-state index in [1.807, 2.05) is 0 Å². The van der Waals surface area contributed by atoms with Gasteiger partial charge in [0.25, 0.3) is 12.3 Å². The van der Waals surface area contributed by atoms with Gasteiger partial charge < -0.3 is 14.7 Å². The minimum Gasteiger partial charge on any atom is -0.471 e. The van der Waals surface area contributed by atoms with Crippen molar-refractivity contribution in [3.05, 3.63) is 23.9 Å². The van der Waals surface area contributed by atoms with E-state index in [1.165, 1.54) is 30.3 Å². The van der Waals surface area contributed by atoms with Crippen LogP contribution in [0.25, 0.3) is 0 Å². The van der Waals surface area contributed by atoms with E-state index in [0.717, 1.165) is 0 Å². The average molecular weight is 288 g/mol. The molecule has 1 rings (SSSR count). The van der Waals surface area contributed by atoms with E-state index < -0.39 is 24.5 Å². The van der Waals surface area contributed by atoms with Gasteiger partial charge in [-0.2, -0.15) is 0 Å². The number of amides is 1. The fourth-order valence-electron chi connectivity index (χ4n) is 1.67. The first-order valence-corrected chi connectivity index (χ1v) is 6.04. The SMILES string of the molecule is CN(CC(C)(C)O)C(=O)c1cccnc1OCC(F)F. The van der Waals surface area contributed by atoms with Crippen molar-refractivity contribution in [2.24, 2.45) is 0 Å². The summed E-state index contributed by atoms with van der Waals surface area (Å²) in [6, 6.07) is 2.96. The molecule has 20 heavy (non-hydrogen) atoms. The van der Waals surface area contributed by atoms with Crippen LogP contribution in [0.3, 0.4) is 0 Å². The Bertz CT molecular complexity index is 461. The Kier molecular flexibility index (Phi) is 5.38. The number of likely N-dealkylation sites (N-methyl/N-ethyl adjacent to an activating group) is 1. The molecule has 0 atom stereocenters. The van der Waals surface area contributed by atoms with Gasteiger partial charge in [0.1, 0.15) is 5.56 Å². The Balaban J connectivity index is 2.87. The zero-order valence-electron chi connectivity index (χ0n) is 11.6. The van der Waals surface area contributed by atoms with Crippen LogP contribution < -0.4 is 4.74 Å². The molecule has 1 N–H and O–H groups in total. The fraction of sp³-hybridized carbons (Fsp3) is 0.538. The van der Waals surface area contributed by atoms with Crippen molar-refractivity contribution in [1.82, 2.24) is 9.88 Å². The summed E-state index contributed by atoms with van der Waals surface area (Å²) >= 11 is 0. The molecule has 0 saturated heterocycles. The third-order valence-corrected chi connectivity index (χ3v) is 2.32. The van der Waals surface area contributed by atoms with E-state index in [9.17, 15) is 18.7 Å². The monoisotopic (exact) mass is 288 g/mol. The number of hydrogen-bond donors (Lipinski definition) is 1. The van der Waals surface area contributed by atoms with Crippen molar-refractivity contribution < 1.29 is 23.4 Å². The molecule has 5 nitrogen and oxygen atoms in total. The molecular weight excluding hydrogens is 270 g/mol. The number of hydrogen-bond acceptors (Lipinski definition) is 4. The van der Waals surface area contributed by atoms with Crippen LogP contribution in [0.15, 0.2) is 18.3 Å². The minimum absolute atomic E-state index is 0.0832. The molecule has 0 aliphatic heterocycles. The topological polar surface area (TPSA) is 62.7 Å². The number of ether oxygens (including phenoxy) is 1. The molecule has 0 unspecified atom stereocenters. The van der Waals surface area contributed by atoms with E-state index in [0.29, 0.717) is 0 Å². The van der Waals surface area contributed by atoms with Crippen molar-refractivity contribution in [3.63, 3.8) is 0 Å². The third-order valence-electron chi connectivity index (χ3n) is 2.32. The van der Waals surface area contributed by atoms with Crippen LogP contribution in [0.5, 0.6) is 5.88 Å². The second-order valence-corrected chi connectivity index (χ2v) is 5.03. The molecule has 1 amide bonds. The minimum atomic E-state index is -2.64. The van der Waals surface area contributed by atoms with Crippen molar-refractivity contribution in [3.8, 4) is 5.88 Å². The van der Waals surface area contributed by atoms with Gasteiger partial charge in [-0.15, -0.1) is 0 Å². The van der Waals surface area contributed by atoms with Gasteiger partial charge in [-0.1, -0.05) is 0 Å². The lowest BCUT2D eigenvalue weighted by Gasteiger charge is -2.26. The highest BCUT2D eigenvalue weighted by Crippen LogP contribution is 2.18.